The van der Waals surface area contributed by atoms with Crippen LogP contribution in [-0.4, -0.2) is 17.6 Å². The maximum absolute atomic E-state index is 10.8. The number of nitrogens with two attached hydrogens (primary N) is 1. The Morgan fingerprint density at radius 3 is 3.14 bits per heavy atom. The summed E-state index contributed by atoms with van der Waals surface area (Å²) in [6.07, 6.45) is 3.32. The van der Waals surface area contributed by atoms with Gasteiger partial charge in [-0.15, -0.1) is 0 Å². The van der Waals surface area contributed by atoms with Crippen LogP contribution in [0.2, 0.25) is 0 Å². The number of carbonyl (C=O) groups is 1. The van der Waals surface area contributed by atoms with Gasteiger partial charge in [-0.25, -0.2) is 5.84 Å². The van der Waals surface area contributed by atoms with E-state index in [9.17, 15) is 4.79 Å². The van der Waals surface area contributed by atoms with Crippen LogP contribution in [-0.2, 0) is 9.63 Å². The average Bonchev–Trinajstić information content (AvgIpc) is 2.20. The second-order valence-corrected chi connectivity index (χ2v) is 2.38. The number of hydrazine groups is 1. The van der Waals surface area contributed by atoms with Crippen molar-refractivity contribution in [1.82, 2.24) is 10.6 Å². The van der Waals surface area contributed by atoms with Gasteiger partial charge in [0.2, 0.25) is 0 Å². The van der Waals surface area contributed by atoms with E-state index in [1.54, 1.807) is 30.1 Å². The number of rotatable bonds is 5. The van der Waals surface area contributed by atoms with E-state index in [0.717, 1.165) is 0 Å². The van der Waals surface area contributed by atoms with Crippen molar-refractivity contribution in [3.63, 3.8) is 0 Å². The third-order valence-electron chi connectivity index (χ3n) is 1.38. The molecule has 0 aromatic carbocycles. The molecule has 0 aliphatic carbocycles. The third-order valence-corrected chi connectivity index (χ3v) is 1.38. The molecule has 1 rings (SSSR count). The Balaban J connectivity index is 2.19. The maximum Gasteiger partial charge on any atom is 0.329 e. The fourth-order valence-corrected chi connectivity index (χ4v) is 0.801. The third kappa shape index (κ3) is 3.83. The first kappa shape index (κ1) is 10.4. The molecule has 14 heavy (non-hydrogen) atoms. The normalized spacial score (nSPS) is 9.50. The van der Waals surface area contributed by atoms with Crippen molar-refractivity contribution >= 4 is 5.97 Å². The van der Waals surface area contributed by atoms with E-state index in [2.05, 4.69) is 9.82 Å². The molecule has 1 aromatic rings. The zero-order valence-corrected chi connectivity index (χ0v) is 7.47. The van der Waals surface area contributed by atoms with E-state index in [0.29, 0.717) is 5.75 Å². The van der Waals surface area contributed by atoms with Crippen molar-refractivity contribution in [2.24, 2.45) is 5.84 Å². The maximum atomic E-state index is 10.8. The number of nitrogens with one attached hydrogen (secondary N) is 1. The number of carbonyl (C=O) groups excluding carboxylic acids is 1. The Hall–Kier alpha value is -1.66. The summed E-state index contributed by atoms with van der Waals surface area (Å²) < 4.78 is 5.19. The minimum Gasteiger partial charge on any atom is -0.491 e. The summed E-state index contributed by atoms with van der Waals surface area (Å²) in [5.74, 6) is 4.90. The molecular formula is C8H11N3O3. The number of hydrogen-bond donors (Lipinski definition) is 2. The van der Waals surface area contributed by atoms with Gasteiger partial charge in [0, 0.05) is 6.20 Å². The largest absolute Gasteiger partial charge is 0.491 e. The van der Waals surface area contributed by atoms with Crippen LogP contribution in [0.3, 0.4) is 0 Å². The molecule has 0 radical (unpaired) electrons. The van der Waals surface area contributed by atoms with E-state index in [1.165, 1.54) is 0 Å². The minimum atomic E-state index is -0.476. The van der Waals surface area contributed by atoms with Gasteiger partial charge in [-0.05, 0) is 12.1 Å². The molecule has 0 amide bonds. The summed E-state index contributed by atoms with van der Waals surface area (Å²) in [4.78, 5) is 18.9. The molecule has 0 saturated carbocycles. The molecule has 0 fully saturated rings. The highest BCUT2D eigenvalue weighted by Gasteiger charge is 2.02. The summed E-state index contributed by atoms with van der Waals surface area (Å²) in [5, 5.41) is 0. The summed E-state index contributed by atoms with van der Waals surface area (Å²) in [5.41, 5.74) is 1.80. The number of hydrogen-bond acceptors (Lipinski definition) is 6. The Labute approximate surface area is 80.9 Å². The SMILES string of the molecule is NNOC(=O)CCOc1cccnc1. The number of nitrogens with zero attached hydrogens (tertiary/aromatic N) is 1. The zero-order chi connectivity index (χ0) is 10.2. The second-order valence-electron chi connectivity index (χ2n) is 2.38. The topological polar surface area (TPSA) is 86.5 Å². The predicted molar refractivity (Wildman–Crippen MR) is 47.8 cm³/mol. The monoisotopic (exact) mass is 197 g/mol. The van der Waals surface area contributed by atoms with E-state index < -0.39 is 5.97 Å². The highest BCUT2D eigenvalue weighted by Crippen LogP contribution is 2.06. The highest BCUT2D eigenvalue weighted by atomic mass is 16.7. The number of pyridine rings is 1. The molecule has 76 valence electrons. The van der Waals surface area contributed by atoms with Gasteiger partial charge in [-0.1, -0.05) is 5.59 Å². The van der Waals surface area contributed by atoms with Gasteiger partial charge in [0.15, 0.2) is 0 Å². The lowest BCUT2D eigenvalue weighted by Crippen LogP contribution is -2.26. The van der Waals surface area contributed by atoms with E-state index in [-0.39, 0.29) is 13.0 Å². The first-order valence-corrected chi connectivity index (χ1v) is 4.01. The van der Waals surface area contributed by atoms with Crippen LogP contribution in [0.1, 0.15) is 6.42 Å². The molecule has 0 atom stereocenters. The standard InChI is InChI=1S/C8H11N3O3/c9-11-14-8(12)3-5-13-7-2-1-4-10-6-7/h1-2,4,6,11H,3,5,9H2. The van der Waals surface area contributed by atoms with Crippen molar-refractivity contribution in [2.75, 3.05) is 6.61 Å². The summed E-state index contributed by atoms with van der Waals surface area (Å²) in [6.45, 7) is 0.228. The predicted octanol–water partition coefficient (Wildman–Crippen LogP) is -0.228. The van der Waals surface area contributed by atoms with E-state index in [4.69, 9.17) is 10.6 Å². The van der Waals surface area contributed by atoms with Crippen LogP contribution in [0.4, 0.5) is 0 Å². The lowest BCUT2D eigenvalue weighted by Gasteiger charge is -2.04. The Morgan fingerprint density at radius 2 is 2.50 bits per heavy atom. The van der Waals surface area contributed by atoms with Crippen LogP contribution in [0, 0.1) is 0 Å². The van der Waals surface area contributed by atoms with Gasteiger partial charge >= 0.3 is 5.97 Å². The van der Waals surface area contributed by atoms with E-state index >= 15 is 0 Å². The molecule has 0 saturated heterocycles. The van der Waals surface area contributed by atoms with Gasteiger partial charge < -0.3 is 9.57 Å². The van der Waals surface area contributed by atoms with Gasteiger partial charge in [0.25, 0.3) is 0 Å². The van der Waals surface area contributed by atoms with Gasteiger partial charge in [-0.3, -0.25) is 9.78 Å². The number of aromatic nitrogens is 1. The molecule has 3 N–H and O–H groups in total. The molecule has 1 aromatic heterocycles. The fraction of sp³-hybridized carbons (Fsp3) is 0.250. The van der Waals surface area contributed by atoms with E-state index in [1.807, 2.05) is 0 Å². The van der Waals surface area contributed by atoms with Crippen LogP contribution >= 0.6 is 0 Å². The fourth-order valence-electron chi connectivity index (χ4n) is 0.801. The van der Waals surface area contributed by atoms with Crippen LogP contribution in [0.5, 0.6) is 5.75 Å². The molecule has 1 heterocycles. The smallest absolute Gasteiger partial charge is 0.329 e. The first-order chi connectivity index (χ1) is 6.83. The van der Waals surface area contributed by atoms with Crippen molar-refractivity contribution in [1.29, 1.82) is 0 Å². The lowest BCUT2D eigenvalue weighted by atomic mass is 10.4. The molecule has 0 aliphatic heterocycles. The van der Waals surface area contributed by atoms with Gasteiger partial charge in [-0.2, -0.15) is 0 Å². The molecule has 6 nitrogen and oxygen atoms in total. The molecule has 6 heteroatoms. The molecular weight excluding hydrogens is 186 g/mol. The summed E-state index contributed by atoms with van der Waals surface area (Å²) >= 11 is 0. The van der Waals surface area contributed by atoms with Crippen LogP contribution < -0.4 is 16.2 Å². The Kier molecular flexibility index (Phi) is 4.39. The Bertz CT molecular complexity index is 278. The summed E-state index contributed by atoms with van der Waals surface area (Å²) in [7, 11) is 0. The van der Waals surface area contributed by atoms with Crippen LogP contribution in [0.25, 0.3) is 0 Å². The number of ether oxygens (including phenoxy) is 1. The summed E-state index contributed by atoms with van der Waals surface area (Å²) in [6, 6.07) is 3.49. The van der Waals surface area contributed by atoms with Crippen molar-refractivity contribution in [3.8, 4) is 5.75 Å². The van der Waals surface area contributed by atoms with Crippen LogP contribution in [0.15, 0.2) is 24.5 Å². The van der Waals surface area contributed by atoms with Crippen molar-refractivity contribution in [2.45, 2.75) is 6.42 Å². The zero-order valence-electron chi connectivity index (χ0n) is 7.47. The highest BCUT2D eigenvalue weighted by molar-refractivity contribution is 5.69. The molecule has 0 bridgehead atoms. The molecule has 0 spiro atoms. The van der Waals surface area contributed by atoms with Crippen molar-refractivity contribution < 1.29 is 14.4 Å². The molecule has 0 unspecified atom stereocenters. The minimum absolute atomic E-state index is 0.124. The van der Waals surface area contributed by atoms with Crippen molar-refractivity contribution in [3.05, 3.63) is 24.5 Å². The first-order valence-electron chi connectivity index (χ1n) is 4.01. The van der Waals surface area contributed by atoms with Gasteiger partial charge in [0.1, 0.15) is 5.75 Å². The lowest BCUT2D eigenvalue weighted by molar-refractivity contribution is -0.151. The average molecular weight is 197 g/mol. The second kappa shape index (κ2) is 5.90. The Morgan fingerprint density at radius 1 is 1.64 bits per heavy atom. The van der Waals surface area contributed by atoms with Gasteiger partial charge in [0.05, 0.1) is 19.2 Å². The quantitative estimate of drug-likeness (QED) is 0.501. The molecule has 0 aliphatic rings.